The molecule has 1 atom stereocenters. The fourth-order valence-electron chi connectivity index (χ4n) is 3.01. The van der Waals surface area contributed by atoms with Gasteiger partial charge >= 0.3 is 0 Å². The highest BCUT2D eigenvalue weighted by atomic mass is 35.5. The first-order valence-electron chi connectivity index (χ1n) is 8.77. The average molecular weight is 388 g/mol. The van der Waals surface area contributed by atoms with Gasteiger partial charge in [0.05, 0.1) is 0 Å². The Morgan fingerprint density at radius 3 is 2.67 bits per heavy atom. The summed E-state index contributed by atoms with van der Waals surface area (Å²) in [4.78, 5) is 12.7. The molecule has 0 spiro atoms. The molecule has 0 saturated heterocycles. The summed E-state index contributed by atoms with van der Waals surface area (Å²) < 4.78 is 10.9. The summed E-state index contributed by atoms with van der Waals surface area (Å²) in [5.41, 5.74) is 7.12. The highest BCUT2D eigenvalue weighted by Gasteiger charge is 2.26. The zero-order valence-electron chi connectivity index (χ0n) is 15.5. The number of hydrogen-bond donors (Lipinski definition) is 2. The number of aromatic nitrogens is 1. The molecule has 7 heteroatoms. The van der Waals surface area contributed by atoms with E-state index in [-0.39, 0.29) is 29.1 Å². The van der Waals surface area contributed by atoms with Crippen LogP contribution in [0.5, 0.6) is 0 Å². The Balaban J connectivity index is 1.88. The van der Waals surface area contributed by atoms with Gasteiger partial charge in [0.2, 0.25) is 5.88 Å². The minimum Gasteiger partial charge on any atom is -0.454 e. The molecule has 0 aliphatic rings. The van der Waals surface area contributed by atoms with Gasteiger partial charge in [0.25, 0.3) is 5.91 Å². The summed E-state index contributed by atoms with van der Waals surface area (Å²) in [7, 11) is 0. The van der Waals surface area contributed by atoms with Crippen LogP contribution in [0.15, 0.2) is 45.3 Å². The number of carbonyl (C=O) groups excluding carboxylic acids is 1. The smallest absolute Gasteiger partial charge is 0.259 e. The van der Waals surface area contributed by atoms with E-state index < -0.39 is 0 Å². The van der Waals surface area contributed by atoms with Crippen molar-refractivity contribution in [2.75, 3.05) is 5.73 Å². The number of nitrogen functional groups attached to an aromatic ring is 1. The first-order valence-corrected chi connectivity index (χ1v) is 9.15. The summed E-state index contributed by atoms with van der Waals surface area (Å²) >= 11 is 6.03. The summed E-state index contributed by atoms with van der Waals surface area (Å²) in [6, 6.07) is 10.8. The standard InChI is InChI=1S/C20H22ClN3O3/c1-11(2)9-12(3)23-20(25)17-18(24-27-19(17)22)16-8-7-15(26-16)13-5-4-6-14(21)10-13/h4-8,10-12H,9,22H2,1-3H3,(H,23,25). The Morgan fingerprint density at radius 2 is 1.96 bits per heavy atom. The molecule has 1 amide bonds. The Kier molecular flexibility index (Phi) is 5.56. The molecule has 2 heterocycles. The van der Waals surface area contributed by atoms with Crippen LogP contribution < -0.4 is 11.1 Å². The Bertz CT molecular complexity index is 946. The highest BCUT2D eigenvalue weighted by Crippen LogP contribution is 2.32. The number of hydrogen-bond acceptors (Lipinski definition) is 5. The summed E-state index contributed by atoms with van der Waals surface area (Å²) in [6.07, 6.45) is 0.853. The molecule has 27 heavy (non-hydrogen) atoms. The molecule has 0 aliphatic carbocycles. The molecule has 1 aromatic carbocycles. The lowest BCUT2D eigenvalue weighted by Gasteiger charge is -2.15. The zero-order valence-corrected chi connectivity index (χ0v) is 16.2. The van der Waals surface area contributed by atoms with Crippen molar-refractivity contribution in [2.45, 2.75) is 33.2 Å². The van der Waals surface area contributed by atoms with Crippen LogP contribution >= 0.6 is 11.6 Å². The quantitative estimate of drug-likeness (QED) is 0.620. The van der Waals surface area contributed by atoms with Crippen molar-refractivity contribution in [1.82, 2.24) is 10.5 Å². The predicted molar refractivity (Wildman–Crippen MR) is 105 cm³/mol. The predicted octanol–water partition coefficient (Wildman–Crippen LogP) is 5.00. The molecule has 6 nitrogen and oxygen atoms in total. The number of nitrogens with zero attached hydrogens (tertiary/aromatic N) is 1. The maximum absolute atomic E-state index is 12.7. The molecule has 0 aliphatic heterocycles. The van der Waals surface area contributed by atoms with Crippen molar-refractivity contribution >= 4 is 23.4 Å². The van der Waals surface area contributed by atoms with Crippen molar-refractivity contribution in [3.05, 3.63) is 47.0 Å². The van der Waals surface area contributed by atoms with Crippen LogP contribution in [0.3, 0.4) is 0 Å². The molecule has 3 aromatic rings. The van der Waals surface area contributed by atoms with Crippen LogP contribution in [-0.4, -0.2) is 17.1 Å². The fourth-order valence-corrected chi connectivity index (χ4v) is 3.20. The second kappa shape index (κ2) is 7.88. The van der Waals surface area contributed by atoms with Crippen LogP contribution in [0.25, 0.3) is 22.8 Å². The van der Waals surface area contributed by atoms with Gasteiger partial charge in [0, 0.05) is 16.6 Å². The molecule has 3 rings (SSSR count). The van der Waals surface area contributed by atoms with Gasteiger partial charge in [0.15, 0.2) is 11.5 Å². The van der Waals surface area contributed by atoms with Gasteiger partial charge < -0.3 is 20.0 Å². The monoisotopic (exact) mass is 387 g/mol. The zero-order chi connectivity index (χ0) is 19.6. The van der Waals surface area contributed by atoms with Crippen LogP contribution in [0.2, 0.25) is 5.02 Å². The van der Waals surface area contributed by atoms with Crippen molar-refractivity contribution < 1.29 is 13.7 Å². The maximum atomic E-state index is 12.7. The van der Waals surface area contributed by atoms with E-state index in [0.29, 0.717) is 22.5 Å². The minimum atomic E-state index is -0.336. The second-order valence-electron chi connectivity index (χ2n) is 6.95. The number of benzene rings is 1. The molecule has 2 aromatic heterocycles. The van der Waals surface area contributed by atoms with Crippen molar-refractivity contribution in [2.24, 2.45) is 5.92 Å². The summed E-state index contributed by atoms with van der Waals surface area (Å²) in [6.45, 7) is 6.15. The average Bonchev–Trinajstić information content (AvgIpc) is 3.20. The van der Waals surface area contributed by atoms with E-state index in [1.165, 1.54) is 0 Å². The Morgan fingerprint density at radius 1 is 1.22 bits per heavy atom. The molecule has 0 fully saturated rings. The SMILES string of the molecule is CC(C)CC(C)NC(=O)c1c(-c2ccc(-c3cccc(Cl)c3)o2)noc1N. The first-order chi connectivity index (χ1) is 12.8. The van der Waals surface area contributed by atoms with Crippen LogP contribution in [0.1, 0.15) is 37.6 Å². The van der Waals surface area contributed by atoms with Crippen molar-refractivity contribution in [3.8, 4) is 22.8 Å². The topological polar surface area (TPSA) is 94.3 Å². The third kappa shape index (κ3) is 4.34. The normalized spacial score (nSPS) is 12.3. The molecule has 0 radical (unpaired) electrons. The van der Waals surface area contributed by atoms with Gasteiger partial charge in [-0.25, -0.2) is 0 Å². The Hall–Kier alpha value is -2.73. The van der Waals surface area contributed by atoms with Gasteiger partial charge in [0.1, 0.15) is 11.3 Å². The fraction of sp³-hybridized carbons (Fsp3) is 0.300. The number of nitrogens with two attached hydrogens (primary N) is 1. The van der Waals surface area contributed by atoms with E-state index in [0.717, 1.165) is 12.0 Å². The molecule has 142 valence electrons. The van der Waals surface area contributed by atoms with E-state index >= 15 is 0 Å². The number of amides is 1. The minimum absolute atomic E-state index is 0.00160. The van der Waals surface area contributed by atoms with Crippen LogP contribution in [-0.2, 0) is 0 Å². The molecule has 1 unspecified atom stereocenters. The Labute approximate surface area is 162 Å². The van der Waals surface area contributed by atoms with E-state index in [9.17, 15) is 4.79 Å². The molecular weight excluding hydrogens is 366 g/mol. The van der Waals surface area contributed by atoms with E-state index in [2.05, 4.69) is 24.3 Å². The van der Waals surface area contributed by atoms with Crippen LogP contribution in [0.4, 0.5) is 5.88 Å². The third-order valence-corrected chi connectivity index (χ3v) is 4.33. The number of furan rings is 1. The van der Waals surface area contributed by atoms with Gasteiger partial charge in [-0.3, -0.25) is 4.79 Å². The number of rotatable bonds is 6. The largest absolute Gasteiger partial charge is 0.454 e. The number of nitrogens with one attached hydrogen (secondary N) is 1. The lowest BCUT2D eigenvalue weighted by molar-refractivity contribution is 0.0937. The van der Waals surface area contributed by atoms with Gasteiger partial charge in [-0.1, -0.05) is 42.7 Å². The van der Waals surface area contributed by atoms with Crippen molar-refractivity contribution in [3.63, 3.8) is 0 Å². The first kappa shape index (κ1) is 19.0. The summed E-state index contributed by atoms with van der Waals surface area (Å²) in [5.74, 6) is 1.09. The molecule has 0 saturated carbocycles. The highest BCUT2D eigenvalue weighted by molar-refractivity contribution is 6.30. The lowest BCUT2D eigenvalue weighted by atomic mass is 10.0. The molecule has 3 N–H and O–H groups in total. The number of carbonyl (C=O) groups is 1. The van der Waals surface area contributed by atoms with Gasteiger partial charge in [-0.2, -0.15) is 0 Å². The van der Waals surface area contributed by atoms with E-state index in [4.69, 9.17) is 26.3 Å². The molecular formula is C20H22ClN3O3. The lowest BCUT2D eigenvalue weighted by Crippen LogP contribution is -2.33. The third-order valence-electron chi connectivity index (χ3n) is 4.10. The second-order valence-corrected chi connectivity index (χ2v) is 7.39. The van der Waals surface area contributed by atoms with Crippen molar-refractivity contribution in [1.29, 1.82) is 0 Å². The van der Waals surface area contributed by atoms with Gasteiger partial charge in [-0.15, -0.1) is 0 Å². The number of anilines is 1. The maximum Gasteiger partial charge on any atom is 0.259 e. The van der Waals surface area contributed by atoms with E-state index in [1.54, 1.807) is 24.3 Å². The van der Waals surface area contributed by atoms with E-state index in [1.807, 2.05) is 19.1 Å². The van der Waals surface area contributed by atoms with Crippen LogP contribution in [0, 0.1) is 5.92 Å². The molecule has 0 bridgehead atoms. The van der Waals surface area contributed by atoms with Gasteiger partial charge in [-0.05, 0) is 43.5 Å². The number of halogens is 1. The summed E-state index contributed by atoms with van der Waals surface area (Å²) in [5, 5.41) is 7.46.